The predicted octanol–water partition coefficient (Wildman–Crippen LogP) is 1.11. The highest BCUT2D eigenvalue weighted by atomic mass is 19.1. The predicted molar refractivity (Wildman–Crippen MR) is 59.9 cm³/mol. The number of rotatable bonds is 3. The van der Waals surface area contributed by atoms with Crippen LogP contribution in [-0.2, 0) is 0 Å². The van der Waals surface area contributed by atoms with Crippen LogP contribution in [0.1, 0.15) is 29.6 Å². The van der Waals surface area contributed by atoms with E-state index in [1.54, 1.807) is 0 Å². The number of hydrogen-bond donors (Lipinski definition) is 2. The fourth-order valence-corrected chi connectivity index (χ4v) is 2.11. The van der Waals surface area contributed by atoms with Gasteiger partial charge in [0, 0.05) is 12.7 Å². The summed E-state index contributed by atoms with van der Waals surface area (Å²) in [6, 6.07) is 1.16. The van der Waals surface area contributed by atoms with Gasteiger partial charge >= 0.3 is 0 Å². The molecule has 4 nitrogen and oxygen atoms in total. The number of carbonyl (C=O) groups is 1. The molecular formula is C12H15FN2O2. The average Bonchev–Trinajstić information content (AvgIpc) is 2.72. The number of hydrogen-bond acceptors (Lipinski definition) is 3. The number of nitrogens with one attached hydrogen (secondary N) is 1. The third kappa shape index (κ3) is 3.23. The second kappa shape index (κ2) is 5.23. The largest absolute Gasteiger partial charge is 0.393 e. The van der Waals surface area contributed by atoms with E-state index in [9.17, 15) is 14.3 Å². The Labute approximate surface area is 98.9 Å². The molecule has 2 rings (SSSR count). The molecule has 5 heteroatoms. The van der Waals surface area contributed by atoms with Crippen molar-refractivity contribution in [2.45, 2.75) is 25.4 Å². The zero-order valence-electron chi connectivity index (χ0n) is 9.40. The molecule has 0 aromatic carbocycles. The summed E-state index contributed by atoms with van der Waals surface area (Å²) in [6.07, 6.45) is 4.59. The second-order valence-corrected chi connectivity index (χ2v) is 4.43. The summed E-state index contributed by atoms with van der Waals surface area (Å²) in [6.45, 7) is 0.520. The first kappa shape index (κ1) is 12.0. The van der Waals surface area contributed by atoms with Crippen molar-refractivity contribution in [1.29, 1.82) is 0 Å². The molecule has 17 heavy (non-hydrogen) atoms. The quantitative estimate of drug-likeness (QED) is 0.829. The van der Waals surface area contributed by atoms with Crippen LogP contribution in [0.4, 0.5) is 4.39 Å². The van der Waals surface area contributed by atoms with Crippen molar-refractivity contribution in [3.05, 3.63) is 29.8 Å². The molecule has 1 fully saturated rings. The molecule has 0 bridgehead atoms. The van der Waals surface area contributed by atoms with Gasteiger partial charge < -0.3 is 10.4 Å². The smallest absolute Gasteiger partial charge is 0.252 e. The molecule has 0 radical (unpaired) electrons. The Balaban J connectivity index is 1.85. The highest BCUT2D eigenvalue weighted by molar-refractivity contribution is 5.93. The standard InChI is InChI=1S/C12H15FN2O2/c13-10-4-9(6-14-7-10)12(17)15-5-8-1-2-11(16)3-8/h4,6-8,11,16H,1-3,5H2,(H,15,17). The van der Waals surface area contributed by atoms with Gasteiger partial charge in [-0.1, -0.05) is 0 Å². The van der Waals surface area contributed by atoms with Gasteiger partial charge in [0.05, 0.1) is 17.9 Å². The summed E-state index contributed by atoms with van der Waals surface area (Å²) in [5.41, 5.74) is 0.226. The van der Waals surface area contributed by atoms with Gasteiger partial charge in [-0.2, -0.15) is 0 Å². The van der Waals surface area contributed by atoms with Crippen molar-refractivity contribution in [3.8, 4) is 0 Å². The lowest BCUT2D eigenvalue weighted by atomic mass is 10.1. The lowest BCUT2D eigenvalue weighted by Crippen LogP contribution is -2.28. The topological polar surface area (TPSA) is 62.2 Å². The molecule has 0 aliphatic heterocycles. The Morgan fingerprint density at radius 2 is 2.35 bits per heavy atom. The molecule has 2 atom stereocenters. The number of pyridine rings is 1. The molecule has 1 aromatic heterocycles. The average molecular weight is 238 g/mol. The van der Waals surface area contributed by atoms with E-state index < -0.39 is 5.82 Å². The molecule has 92 valence electrons. The number of nitrogens with zero attached hydrogens (tertiary/aromatic N) is 1. The zero-order chi connectivity index (χ0) is 12.3. The fraction of sp³-hybridized carbons (Fsp3) is 0.500. The first-order chi connectivity index (χ1) is 8.15. The van der Waals surface area contributed by atoms with Gasteiger partial charge in [0.25, 0.3) is 5.91 Å². The van der Waals surface area contributed by atoms with E-state index in [2.05, 4.69) is 10.3 Å². The molecule has 1 saturated carbocycles. The van der Waals surface area contributed by atoms with Crippen molar-refractivity contribution >= 4 is 5.91 Å². The van der Waals surface area contributed by atoms with Crippen LogP contribution in [0, 0.1) is 11.7 Å². The lowest BCUT2D eigenvalue weighted by Gasteiger charge is -2.10. The summed E-state index contributed by atoms with van der Waals surface area (Å²) in [5.74, 6) is -0.525. The molecule has 2 unspecified atom stereocenters. The van der Waals surface area contributed by atoms with Gasteiger partial charge in [-0.15, -0.1) is 0 Å². The van der Waals surface area contributed by atoms with E-state index in [-0.39, 0.29) is 17.6 Å². The number of aromatic nitrogens is 1. The molecule has 0 saturated heterocycles. The Hall–Kier alpha value is -1.49. The van der Waals surface area contributed by atoms with Gasteiger partial charge in [-0.25, -0.2) is 4.39 Å². The van der Waals surface area contributed by atoms with Crippen LogP contribution in [0.15, 0.2) is 18.5 Å². The summed E-state index contributed by atoms with van der Waals surface area (Å²) >= 11 is 0. The van der Waals surface area contributed by atoms with Crippen LogP contribution in [0.3, 0.4) is 0 Å². The molecule has 1 aliphatic carbocycles. The van der Waals surface area contributed by atoms with Crippen LogP contribution in [0.2, 0.25) is 0 Å². The van der Waals surface area contributed by atoms with Crippen molar-refractivity contribution in [2.75, 3.05) is 6.54 Å². The lowest BCUT2D eigenvalue weighted by molar-refractivity contribution is 0.0944. The van der Waals surface area contributed by atoms with Crippen LogP contribution in [0.25, 0.3) is 0 Å². The minimum absolute atomic E-state index is 0.226. The number of carbonyl (C=O) groups excluding carboxylic acids is 1. The van der Waals surface area contributed by atoms with E-state index in [0.717, 1.165) is 31.5 Å². The number of aliphatic hydroxyl groups is 1. The maximum Gasteiger partial charge on any atom is 0.252 e. The maximum atomic E-state index is 12.8. The summed E-state index contributed by atoms with van der Waals surface area (Å²) in [4.78, 5) is 15.3. The van der Waals surface area contributed by atoms with Gasteiger partial charge in [0.15, 0.2) is 0 Å². The van der Waals surface area contributed by atoms with Crippen molar-refractivity contribution in [1.82, 2.24) is 10.3 Å². The monoisotopic (exact) mass is 238 g/mol. The zero-order valence-corrected chi connectivity index (χ0v) is 9.40. The second-order valence-electron chi connectivity index (χ2n) is 4.43. The Bertz CT molecular complexity index is 411. The van der Waals surface area contributed by atoms with Gasteiger partial charge in [0.1, 0.15) is 5.82 Å². The number of amides is 1. The molecule has 2 N–H and O–H groups in total. The Morgan fingerprint density at radius 3 is 3.00 bits per heavy atom. The highest BCUT2D eigenvalue weighted by Crippen LogP contribution is 2.24. The minimum Gasteiger partial charge on any atom is -0.393 e. The van der Waals surface area contributed by atoms with Crippen LogP contribution < -0.4 is 5.32 Å². The molecule has 0 spiro atoms. The van der Waals surface area contributed by atoms with E-state index in [1.165, 1.54) is 6.20 Å². The molecule has 1 aliphatic rings. The highest BCUT2D eigenvalue weighted by Gasteiger charge is 2.23. The Morgan fingerprint density at radius 1 is 1.53 bits per heavy atom. The third-order valence-electron chi connectivity index (χ3n) is 3.03. The Kier molecular flexibility index (Phi) is 3.68. The van der Waals surface area contributed by atoms with E-state index in [4.69, 9.17) is 0 Å². The molecule has 1 amide bonds. The molecule has 1 heterocycles. The van der Waals surface area contributed by atoms with Crippen LogP contribution in [0.5, 0.6) is 0 Å². The van der Waals surface area contributed by atoms with E-state index >= 15 is 0 Å². The van der Waals surface area contributed by atoms with Crippen molar-refractivity contribution in [3.63, 3.8) is 0 Å². The van der Waals surface area contributed by atoms with Gasteiger partial charge in [-0.3, -0.25) is 9.78 Å². The molecular weight excluding hydrogens is 223 g/mol. The normalized spacial score (nSPS) is 23.6. The summed E-state index contributed by atoms with van der Waals surface area (Å²) in [5, 5.41) is 12.1. The fourth-order valence-electron chi connectivity index (χ4n) is 2.11. The van der Waals surface area contributed by atoms with Crippen molar-refractivity contribution in [2.24, 2.45) is 5.92 Å². The van der Waals surface area contributed by atoms with Gasteiger partial charge in [0.2, 0.25) is 0 Å². The first-order valence-corrected chi connectivity index (χ1v) is 5.72. The minimum atomic E-state index is -0.520. The summed E-state index contributed by atoms with van der Waals surface area (Å²) < 4.78 is 12.8. The van der Waals surface area contributed by atoms with Gasteiger partial charge in [-0.05, 0) is 31.2 Å². The van der Waals surface area contributed by atoms with Crippen LogP contribution >= 0.6 is 0 Å². The first-order valence-electron chi connectivity index (χ1n) is 5.72. The maximum absolute atomic E-state index is 12.8. The van der Waals surface area contributed by atoms with Crippen molar-refractivity contribution < 1.29 is 14.3 Å². The molecule has 1 aromatic rings. The van der Waals surface area contributed by atoms with E-state index in [0.29, 0.717) is 12.5 Å². The van der Waals surface area contributed by atoms with Crippen LogP contribution in [-0.4, -0.2) is 28.6 Å². The van der Waals surface area contributed by atoms with E-state index in [1.807, 2.05) is 0 Å². The third-order valence-corrected chi connectivity index (χ3v) is 3.03. The number of aliphatic hydroxyl groups excluding tert-OH is 1. The SMILES string of the molecule is O=C(NCC1CCC(O)C1)c1cncc(F)c1. The summed E-state index contributed by atoms with van der Waals surface area (Å²) in [7, 11) is 0. The number of halogens is 1.